The number of rotatable bonds is 3. The van der Waals surface area contributed by atoms with E-state index in [-0.39, 0.29) is 28.9 Å². The van der Waals surface area contributed by atoms with Gasteiger partial charge >= 0.3 is 0 Å². The van der Waals surface area contributed by atoms with Gasteiger partial charge in [-0.25, -0.2) is 8.42 Å². The number of amides is 1. The summed E-state index contributed by atoms with van der Waals surface area (Å²) in [6.45, 7) is 6.54. The molecule has 1 aromatic rings. The lowest BCUT2D eigenvalue weighted by Crippen LogP contribution is -2.47. The van der Waals surface area contributed by atoms with Crippen LogP contribution in [0.5, 0.6) is 0 Å². The van der Waals surface area contributed by atoms with Crippen LogP contribution in [0, 0.1) is 0 Å². The highest BCUT2D eigenvalue weighted by atomic mass is 32.2. The second-order valence-electron chi connectivity index (χ2n) is 8.69. The number of sulfone groups is 1. The van der Waals surface area contributed by atoms with Crippen LogP contribution in [0.15, 0.2) is 24.3 Å². The Bertz CT molecular complexity index is 738. The first kappa shape index (κ1) is 18.4. The molecule has 0 unspecified atom stereocenters. The first-order valence-electron chi connectivity index (χ1n) is 9.25. The molecule has 1 amide bonds. The molecule has 1 aliphatic carbocycles. The van der Waals surface area contributed by atoms with Crippen molar-refractivity contribution in [3.8, 4) is 0 Å². The van der Waals surface area contributed by atoms with E-state index in [1.54, 1.807) is 0 Å². The fourth-order valence-corrected chi connectivity index (χ4v) is 5.82. The quantitative estimate of drug-likeness (QED) is 0.897. The lowest BCUT2D eigenvalue weighted by Gasteiger charge is -2.30. The molecule has 0 bridgehead atoms. The maximum Gasteiger partial charge on any atom is 0.230 e. The lowest BCUT2D eigenvalue weighted by molar-refractivity contribution is -0.127. The molecule has 1 atom stereocenters. The van der Waals surface area contributed by atoms with Gasteiger partial charge in [0.05, 0.1) is 16.9 Å². The Labute approximate surface area is 151 Å². The molecule has 2 aliphatic rings. The summed E-state index contributed by atoms with van der Waals surface area (Å²) >= 11 is 0. The molecule has 4 nitrogen and oxygen atoms in total. The van der Waals surface area contributed by atoms with Crippen molar-refractivity contribution in [3.63, 3.8) is 0 Å². The molecule has 1 saturated carbocycles. The Kier molecular flexibility index (Phi) is 4.73. The number of nitrogens with one attached hydrogen (secondary N) is 1. The van der Waals surface area contributed by atoms with Crippen LogP contribution in [0.2, 0.25) is 0 Å². The highest BCUT2D eigenvalue weighted by Crippen LogP contribution is 2.42. The molecule has 1 aromatic carbocycles. The molecule has 1 aliphatic heterocycles. The van der Waals surface area contributed by atoms with E-state index < -0.39 is 15.3 Å². The zero-order chi connectivity index (χ0) is 18.3. The fourth-order valence-electron chi connectivity index (χ4n) is 4.15. The topological polar surface area (TPSA) is 63.2 Å². The minimum absolute atomic E-state index is 0.00982. The van der Waals surface area contributed by atoms with E-state index in [1.165, 1.54) is 5.56 Å². The van der Waals surface area contributed by atoms with Crippen molar-refractivity contribution < 1.29 is 13.2 Å². The molecule has 138 valence electrons. The average Bonchev–Trinajstić information content (AvgIpc) is 3.14. The number of carbonyl (C=O) groups is 1. The summed E-state index contributed by atoms with van der Waals surface area (Å²) in [5.74, 6) is 0.277. The van der Waals surface area contributed by atoms with Gasteiger partial charge in [-0.2, -0.15) is 0 Å². The van der Waals surface area contributed by atoms with Crippen LogP contribution in [-0.2, 0) is 25.5 Å². The van der Waals surface area contributed by atoms with Gasteiger partial charge in [-0.05, 0) is 35.8 Å². The van der Waals surface area contributed by atoms with Gasteiger partial charge in [0.1, 0.15) is 0 Å². The third-order valence-electron chi connectivity index (χ3n) is 5.76. The highest BCUT2D eigenvalue weighted by Gasteiger charge is 2.44. The molecular formula is C20H29NO3S. The molecule has 2 fully saturated rings. The summed E-state index contributed by atoms with van der Waals surface area (Å²) in [5, 5.41) is 3.04. The molecule has 5 heteroatoms. The van der Waals surface area contributed by atoms with Crippen LogP contribution in [0.4, 0.5) is 0 Å². The maximum absolute atomic E-state index is 13.1. The Morgan fingerprint density at radius 1 is 1.12 bits per heavy atom. The molecule has 1 saturated heterocycles. The standard InChI is InChI=1S/C20H29NO3S/c1-19(2,3)15-6-8-16(9-7-15)20(11-4-5-12-20)18(22)21-17-10-13-25(23,24)14-17/h6-9,17H,4-5,10-14H2,1-3H3,(H,21,22)/t17-/m0/s1. The van der Waals surface area contributed by atoms with Gasteiger partial charge in [0.2, 0.25) is 5.91 Å². The molecule has 25 heavy (non-hydrogen) atoms. The number of carbonyl (C=O) groups excluding carboxylic acids is 1. The third kappa shape index (κ3) is 3.76. The molecule has 0 radical (unpaired) electrons. The van der Waals surface area contributed by atoms with Crippen LogP contribution in [0.1, 0.15) is 64.0 Å². The van der Waals surface area contributed by atoms with E-state index in [0.717, 1.165) is 31.2 Å². The van der Waals surface area contributed by atoms with Gasteiger partial charge in [-0.3, -0.25) is 4.79 Å². The molecule has 1 N–H and O–H groups in total. The Morgan fingerprint density at radius 2 is 1.72 bits per heavy atom. The monoisotopic (exact) mass is 363 g/mol. The highest BCUT2D eigenvalue weighted by molar-refractivity contribution is 7.91. The average molecular weight is 364 g/mol. The normalized spacial score (nSPS) is 25.0. The number of benzene rings is 1. The molecule has 0 aromatic heterocycles. The van der Waals surface area contributed by atoms with E-state index in [0.29, 0.717) is 6.42 Å². The predicted octanol–water partition coefficient (Wildman–Crippen LogP) is 3.10. The van der Waals surface area contributed by atoms with Crippen LogP contribution < -0.4 is 5.32 Å². The Morgan fingerprint density at radius 3 is 2.20 bits per heavy atom. The van der Waals surface area contributed by atoms with Crippen molar-refractivity contribution in [2.45, 2.75) is 69.7 Å². The van der Waals surface area contributed by atoms with E-state index >= 15 is 0 Å². The second-order valence-corrected chi connectivity index (χ2v) is 10.9. The molecule has 1 heterocycles. The molecule has 0 spiro atoms. The van der Waals surface area contributed by atoms with E-state index in [9.17, 15) is 13.2 Å². The second kappa shape index (κ2) is 6.42. The minimum atomic E-state index is -2.99. The summed E-state index contributed by atoms with van der Waals surface area (Å²) in [5.41, 5.74) is 1.91. The van der Waals surface area contributed by atoms with Gasteiger partial charge in [-0.15, -0.1) is 0 Å². The van der Waals surface area contributed by atoms with Crippen molar-refractivity contribution in [2.75, 3.05) is 11.5 Å². The summed E-state index contributed by atoms with van der Waals surface area (Å²) in [6.07, 6.45) is 4.29. The van der Waals surface area contributed by atoms with E-state index in [4.69, 9.17) is 0 Å². The van der Waals surface area contributed by atoms with Crippen molar-refractivity contribution in [3.05, 3.63) is 35.4 Å². The number of hydrogen-bond acceptors (Lipinski definition) is 3. The number of hydrogen-bond donors (Lipinski definition) is 1. The van der Waals surface area contributed by atoms with Gasteiger partial charge in [0.25, 0.3) is 0 Å². The van der Waals surface area contributed by atoms with Gasteiger partial charge < -0.3 is 5.32 Å². The predicted molar refractivity (Wildman–Crippen MR) is 100 cm³/mol. The van der Waals surface area contributed by atoms with Crippen molar-refractivity contribution >= 4 is 15.7 Å². The Balaban J connectivity index is 1.83. The summed E-state index contributed by atoms with van der Waals surface area (Å²) in [4.78, 5) is 13.1. The summed E-state index contributed by atoms with van der Waals surface area (Å²) in [6, 6.07) is 8.21. The summed E-state index contributed by atoms with van der Waals surface area (Å²) in [7, 11) is -2.99. The van der Waals surface area contributed by atoms with Crippen LogP contribution in [0.3, 0.4) is 0 Å². The van der Waals surface area contributed by atoms with Crippen molar-refractivity contribution in [2.24, 2.45) is 0 Å². The van der Waals surface area contributed by atoms with Gasteiger partial charge in [0.15, 0.2) is 9.84 Å². The molecule has 3 rings (SSSR count). The minimum Gasteiger partial charge on any atom is -0.352 e. The van der Waals surface area contributed by atoms with E-state index in [2.05, 4.69) is 50.4 Å². The lowest BCUT2D eigenvalue weighted by atomic mass is 9.76. The van der Waals surface area contributed by atoms with Crippen molar-refractivity contribution in [1.29, 1.82) is 0 Å². The van der Waals surface area contributed by atoms with Crippen LogP contribution >= 0.6 is 0 Å². The zero-order valence-electron chi connectivity index (χ0n) is 15.5. The fraction of sp³-hybridized carbons (Fsp3) is 0.650. The third-order valence-corrected chi connectivity index (χ3v) is 7.53. The SMILES string of the molecule is CC(C)(C)c1ccc(C2(C(=O)N[C@H]3CCS(=O)(=O)C3)CCCC2)cc1. The summed E-state index contributed by atoms with van der Waals surface area (Å²) < 4.78 is 23.3. The zero-order valence-corrected chi connectivity index (χ0v) is 16.3. The smallest absolute Gasteiger partial charge is 0.230 e. The van der Waals surface area contributed by atoms with Gasteiger partial charge in [0, 0.05) is 6.04 Å². The van der Waals surface area contributed by atoms with Gasteiger partial charge in [-0.1, -0.05) is 57.9 Å². The first-order chi connectivity index (χ1) is 11.6. The Hall–Kier alpha value is -1.36. The van der Waals surface area contributed by atoms with Crippen molar-refractivity contribution in [1.82, 2.24) is 5.32 Å². The maximum atomic E-state index is 13.1. The molecular weight excluding hydrogens is 334 g/mol. The van der Waals surface area contributed by atoms with E-state index in [1.807, 2.05) is 0 Å². The largest absolute Gasteiger partial charge is 0.352 e. The van der Waals surface area contributed by atoms with Crippen LogP contribution in [-0.4, -0.2) is 31.9 Å². The van der Waals surface area contributed by atoms with Crippen LogP contribution in [0.25, 0.3) is 0 Å². The first-order valence-corrected chi connectivity index (χ1v) is 11.1.